The van der Waals surface area contributed by atoms with Crippen LogP contribution < -0.4 is 5.32 Å². The third-order valence-electron chi connectivity index (χ3n) is 1.87. The Bertz CT molecular complexity index is 362. The Balaban J connectivity index is 2.69. The Kier molecular flexibility index (Phi) is 3.29. The molecule has 1 rings (SSSR count). The van der Waals surface area contributed by atoms with Gasteiger partial charge in [0.05, 0.1) is 11.7 Å². The van der Waals surface area contributed by atoms with Gasteiger partial charge in [0, 0.05) is 0 Å². The van der Waals surface area contributed by atoms with E-state index in [1.54, 1.807) is 6.92 Å². The minimum atomic E-state index is -0.315. The average molecular weight is 192 g/mol. The minimum Gasteiger partial charge on any atom is -0.438 e. The first-order chi connectivity index (χ1) is 6.69. The molecule has 0 fully saturated rings. The van der Waals surface area contributed by atoms with E-state index < -0.39 is 0 Å². The van der Waals surface area contributed by atoms with Crippen LogP contribution in [0.15, 0.2) is 10.8 Å². The van der Waals surface area contributed by atoms with E-state index in [4.69, 9.17) is 10.8 Å². The van der Waals surface area contributed by atoms with E-state index in [1.807, 2.05) is 6.92 Å². The number of carbonyl (C=O) groups excluding carboxylic acids is 1. The summed E-state index contributed by atoms with van der Waals surface area (Å²) >= 11 is 0. The summed E-state index contributed by atoms with van der Waals surface area (Å²) < 4.78 is 4.92. The molecule has 0 aliphatic rings. The molecular formula is C10H12N2O2. The Morgan fingerprint density at radius 1 is 1.86 bits per heavy atom. The molecule has 0 spiro atoms. The lowest BCUT2D eigenvalue weighted by Gasteiger charge is -2.08. The highest BCUT2D eigenvalue weighted by Gasteiger charge is 2.15. The molecule has 1 unspecified atom stereocenters. The van der Waals surface area contributed by atoms with Gasteiger partial charge in [0.25, 0.3) is 5.91 Å². The van der Waals surface area contributed by atoms with Crippen molar-refractivity contribution in [3.05, 3.63) is 17.8 Å². The number of amides is 1. The molecule has 0 aliphatic carbocycles. The van der Waals surface area contributed by atoms with E-state index in [1.165, 1.54) is 6.39 Å². The van der Waals surface area contributed by atoms with Crippen LogP contribution in [0.1, 0.15) is 29.6 Å². The van der Waals surface area contributed by atoms with Crippen LogP contribution in [0.25, 0.3) is 0 Å². The first-order valence-corrected chi connectivity index (χ1v) is 4.36. The molecule has 1 aromatic rings. The maximum absolute atomic E-state index is 11.5. The smallest absolute Gasteiger partial charge is 0.289 e. The molecule has 4 nitrogen and oxygen atoms in total. The molecule has 0 aliphatic heterocycles. The number of nitrogens with one attached hydrogen (secondary N) is 1. The molecule has 0 aromatic carbocycles. The molecule has 4 heteroatoms. The zero-order chi connectivity index (χ0) is 10.6. The Labute approximate surface area is 82.7 Å². The Morgan fingerprint density at radius 2 is 2.57 bits per heavy atom. The van der Waals surface area contributed by atoms with E-state index in [0.717, 1.165) is 0 Å². The second-order valence-electron chi connectivity index (χ2n) is 2.87. The van der Waals surface area contributed by atoms with Crippen molar-refractivity contribution in [3.63, 3.8) is 0 Å². The van der Waals surface area contributed by atoms with Crippen molar-refractivity contribution in [1.82, 2.24) is 10.3 Å². The molecule has 1 amide bonds. The van der Waals surface area contributed by atoms with Gasteiger partial charge in [-0.3, -0.25) is 4.79 Å². The standard InChI is InChI=1S/C10H12N2O2/c1-4-8(5-2)12-10(13)9-7(3)11-6-14-9/h1,6,8H,5H2,2-3H3,(H,12,13). The number of hydrogen-bond donors (Lipinski definition) is 1. The largest absolute Gasteiger partial charge is 0.438 e. The van der Waals surface area contributed by atoms with Crippen LogP contribution in [0.4, 0.5) is 0 Å². The number of aryl methyl sites for hydroxylation is 1. The van der Waals surface area contributed by atoms with Crippen molar-refractivity contribution in [1.29, 1.82) is 0 Å². The third kappa shape index (κ3) is 2.13. The van der Waals surface area contributed by atoms with Gasteiger partial charge in [0.2, 0.25) is 5.76 Å². The molecule has 74 valence electrons. The van der Waals surface area contributed by atoms with Crippen LogP contribution >= 0.6 is 0 Å². The highest BCUT2D eigenvalue weighted by molar-refractivity contribution is 5.92. The summed E-state index contributed by atoms with van der Waals surface area (Å²) in [6, 6.07) is -0.257. The number of nitrogens with zero attached hydrogens (tertiary/aromatic N) is 1. The van der Waals surface area contributed by atoms with E-state index in [9.17, 15) is 4.79 Å². The van der Waals surface area contributed by atoms with Crippen molar-refractivity contribution >= 4 is 5.91 Å². The van der Waals surface area contributed by atoms with Crippen molar-refractivity contribution in [3.8, 4) is 12.3 Å². The van der Waals surface area contributed by atoms with Gasteiger partial charge >= 0.3 is 0 Å². The first kappa shape index (κ1) is 10.3. The predicted octanol–water partition coefficient (Wildman–Crippen LogP) is 1.12. The normalized spacial score (nSPS) is 11.8. The van der Waals surface area contributed by atoms with Crippen LogP contribution in [0.2, 0.25) is 0 Å². The monoisotopic (exact) mass is 192 g/mol. The highest BCUT2D eigenvalue weighted by atomic mass is 16.3. The number of rotatable bonds is 3. The van der Waals surface area contributed by atoms with Crippen LogP contribution in [0.5, 0.6) is 0 Å². The second kappa shape index (κ2) is 4.47. The van der Waals surface area contributed by atoms with Gasteiger partial charge in [0.1, 0.15) is 0 Å². The lowest BCUT2D eigenvalue weighted by Crippen LogP contribution is -2.33. The van der Waals surface area contributed by atoms with E-state index in [-0.39, 0.29) is 17.7 Å². The van der Waals surface area contributed by atoms with Gasteiger partial charge in [-0.15, -0.1) is 6.42 Å². The van der Waals surface area contributed by atoms with Crippen molar-refractivity contribution in [2.24, 2.45) is 0 Å². The van der Waals surface area contributed by atoms with Gasteiger partial charge in [-0.2, -0.15) is 0 Å². The van der Waals surface area contributed by atoms with E-state index in [2.05, 4.69) is 16.2 Å². The number of aromatic nitrogens is 1. The fourth-order valence-corrected chi connectivity index (χ4v) is 1.01. The molecule has 0 saturated heterocycles. The lowest BCUT2D eigenvalue weighted by molar-refractivity contribution is 0.0916. The number of oxazole rings is 1. The van der Waals surface area contributed by atoms with Crippen molar-refractivity contribution in [2.45, 2.75) is 26.3 Å². The summed E-state index contributed by atoms with van der Waals surface area (Å²) in [5.74, 6) is 2.38. The summed E-state index contributed by atoms with van der Waals surface area (Å²) in [4.78, 5) is 15.3. The lowest BCUT2D eigenvalue weighted by atomic mass is 10.2. The average Bonchev–Trinajstić information content (AvgIpc) is 2.60. The number of terminal acetylenes is 1. The Hall–Kier alpha value is -1.76. The quantitative estimate of drug-likeness (QED) is 0.730. The fourth-order valence-electron chi connectivity index (χ4n) is 1.01. The Morgan fingerprint density at radius 3 is 3.00 bits per heavy atom. The van der Waals surface area contributed by atoms with Crippen molar-refractivity contribution in [2.75, 3.05) is 0 Å². The van der Waals surface area contributed by atoms with Crippen LogP contribution in [-0.4, -0.2) is 16.9 Å². The molecule has 0 bridgehead atoms. The highest BCUT2D eigenvalue weighted by Crippen LogP contribution is 2.05. The molecule has 0 radical (unpaired) electrons. The van der Waals surface area contributed by atoms with Crippen LogP contribution in [0, 0.1) is 19.3 Å². The summed E-state index contributed by atoms with van der Waals surface area (Å²) in [6.07, 6.45) is 7.14. The zero-order valence-corrected chi connectivity index (χ0v) is 8.20. The van der Waals surface area contributed by atoms with Gasteiger partial charge in [0.15, 0.2) is 6.39 Å². The minimum absolute atomic E-state index is 0.221. The molecule has 1 N–H and O–H groups in total. The zero-order valence-electron chi connectivity index (χ0n) is 8.20. The van der Waals surface area contributed by atoms with E-state index >= 15 is 0 Å². The van der Waals surface area contributed by atoms with Gasteiger partial charge in [-0.05, 0) is 13.3 Å². The summed E-state index contributed by atoms with van der Waals surface area (Å²) in [6.45, 7) is 3.60. The maximum Gasteiger partial charge on any atom is 0.289 e. The molecular weight excluding hydrogens is 180 g/mol. The third-order valence-corrected chi connectivity index (χ3v) is 1.87. The van der Waals surface area contributed by atoms with Crippen LogP contribution in [-0.2, 0) is 0 Å². The molecule has 14 heavy (non-hydrogen) atoms. The number of hydrogen-bond acceptors (Lipinski definition) is 3. The summed E-state index contributed by atoms with van der Waals surface area (Å²) in [7, 11) is 0. The van der Waals surface area contributed by atoms with E-state index in [0.29, 0.717) is 12.1 Å². The molecule has 1 atom stereocenters. The summed E-state index contributed by atoms with van der Waals surface area (Å²) in [5.41, 5.74) is 0.564. The number of carbonyl (C=O) groups is 1. The molecule has 0 saturated carbocycles. The first-order valence-electron chi connectivity index (χ1n) is 4.36. The SMILES string of the molecule is C#CC(CC)NC(=O)c1ocnc1C. The topological polar surface area (TPSA) is 55.1 Å². The molecule has 1 aromatic heterocycles. The second-order valence-corrected chi connectivity index (χ2v) is 2.87. The van der Waals surface area contributed by atoms with Gasteiger partial charge < -0.3 is 9.73 Å². The predicted molar refractivity (Wildman–Crippen MR) is 51.6 cm³/mol. The van der Waals surface area contributed by atoms with Gasteiger partial charge in [-0.1, -0.05) is 12.8 Å². The maximum atomic E-state index is 11.5. The van der Waals surface area contributed by atoms with Crippen LogP contribution in [0.3, 0.4) is 0 Å². The van der Waals surface area contributed by atoms with Gasteiger partial charge in [-0.25, -0.2) is 4.98 Å². The molecule has 1 heterocycles. The van der Waals surface area contributed by atoms with Crippen molar-refractivity contribution < 1.29 is 9.21 Å². The summed E-state index contributed by atoms with van der Waals surface area (Å²) in [5, 5.41) is 2.65. The fraction of sp³-hybridized carbons (Fsp3) is 0.400.